The van der Waals surface area contributed by atoms with Crippen LogP contribution in [0, 0.1) is 6.92 Å². The molecule has 1 heterocycles. The molecule has 0 saturated carbocycles. The van der Waals surface area contributed by atoms with Crippen molar-refractivity contribution in [2.75, 3.05) is 0 Å². The van der Waals surface area contributed by atoms with E-state index in [9.17, 15) is 0 Å². The third-order valence-electron chi connectivity index (χ3n) is 2.60. The third-order valence-corrected chi connectivity index (χ3v) is 2.95. The van der Waals surface area contributed by atoms with Crippen molar-refractivity contribution in [3.05, 3.63) is 52.3 Å². The minimum atomic E-state index is 0.515. The maximum Gasteiger partial charge on any atom is 0.0676 e. The summed E-state index contributed by atoms with van der Waals surface area (Å²) >= 11 is 6.18. The van der Waals surface area contributed by atoms with E-state index in [4.69, 9.17) is 17.3 Å². The Balaban J connectivity index is 2.25. The van der Waals surface area contributed by atoms with Crippen molar-refractivity contribution >= 4 is 11.6 Å². The molecule has 0 atom stereocenters. The van der Waals surface area contributed by atoms with Gasteiger partial charge < -0.3 is 5.73 Å². The molecule has 0 amide bonds. The Morgan fingerprint density at radius 1 is 1.38 bits per heavy atom. The molecule has 3 nitrogen and oxygen atoms in total. The molecule has 0 fully saturated rings. The number of benzene rings is 1. The molecule has 2 N–H and O–H groups in total. The van der Waals surface area contributed by atoms with Gasteiger partial charge in [-0.1, -0.05) is 23.7 Å². The average Bonchev–Trinajstić information content (AvgIpc) is 2.67. The van der Waals surface area contributed by atoms with Gasteiger partial charge in [0.2, 0.25) is 0 Å². The Kier molecular flexibility index (Phi) is 3.27. The average molecular weight is 236 g/mol. The Hall–Kier alpha value is -1.32. The summed E-state index contributed by atoms with van der Waals surface area (Å²) in [6.45, 7) is 3.23. The van der Waals surface area contributed by atoms with Gasteiger partial charge in [-0.15, -0.1) is 0 Å². The summed E-state index contributed by atoms with van der Waals surface area (Å²) in [5.74, 6) is 0. The summed E-state index contributed by atoms with van der Waals surface area (Å²) in [4.78, 5) is 0. The van der Waals surface area contributed by atoms with Gasteiger partial charge in [-0.05, 0) is 30.2 Å². The second-order valence-electron chi connectivity index (χ2n) is 3.76. The fourth-order valence-corrected chi connectivity index (χ4v) is 1.83. The van der Waals surface area contributed by atoms with Gasteiger partial charge in [0.25, 0.3) is 0 Å². The first-order valence-corrected chi connectivity index (χ1v) is 5.54. The number of nitrogens with two attached hydrogens (primary N) is 1. The van der Waals surface area contributed by atoms with Crippen molar-refractivity contribution in [1.82, 2.24) is 9.78 Å². The van der Waals surface area contributed by atoms with Gasteiger partial charge in [-0.3, -0.25) is 4.68 Å². The largest absolute Gasteiger partial charge is 0.326 e. The molecule has 0 unspecified atom stereocenters. The molecule has 0 aliphatic heterocycles. The molecule has 0 bridgehead atoms. The van der Waals surface area contributed by atoms with Gasteiger partial charge in [0.05, 0.1) is 6.54 Å². The van der Waals surface area contributed by atoms with Crippen molar-refractivity contribution in [3.8, 4) is 0 Å². The Morgan fingerprint density at radius 3 is 2.75 bits per heavy atom. The van der Waals surface area contributed by atoms with Crippen LogP contribution in [0.25, 0.3) is 0 Å². The predicted octanol–water partition coefficient (Wildman–Crippen LogP) is 2.35. The van der Waals surface area contributed by atoms with Crippen LogP contribution in [0.2, 0.25) is 5.02 Å². The zero-order valence-corrected chi connectivity index (χ0v) is 9.91. The van der Waals surface area contributed by atoms with E-state index in [-0.39, 0.29) is 0 Å². The molecule has 0 aliphatic rings. The molecule has 1 aromatic carbocycles. The van der Waals surface area contributed by atoms with E-state index >= 15 is 0 Å². The Morgan fingerprint density at radius 2 is 2.19 bits per heavy atom. The summed E-state index contributed by atoms with van der Waals surface area (Å²) < 4.78 is 1.92. The van der Waals surface area contributed by atoms with Crippen molar-refractivity contribution < 1.29 is 0 Å². The van der Waals surface area contributed by atoms with Crippen LogP contribution < -0.4 is 5.73 Å². The lowest BCUT2D eigenvalue weighted by Crippen LogP contribution is -2.05. The quantitative estimate of drug-likeness (QED) is 0.888. The first-order chi connectivity index (χ1) is 7.70. The molecule has 0 spiro atoms. The number of halogens is 1. The van der Waals surface area contributed by atoms with Crippen molar-refractivity contribution in [2.24, 2.45) is 5.73 Å². The fraction of sp³-hybridized carbons (Fsp3) is 0.250. The van der Waals surface area contributed by atoms with E-state index in [1.54, 1.807) is 6.20 Å². The van der Waals surface area contributed by atoms with E-state index in [1.165, 1.54) is 0 Å². The summed E-state index contributed by atoms with van der Waals surface area (Å²) in [5, 5.41) is 4.98. The van der Waals surface area contributed by atoms with Crippen LogP contribution in [0.5, 0.6) is 0 Å². The van der Waals surface area contributed by atoms with Crippen LogP contribution >= 0.6 is 11.6 Å². The number of nitrogens with zero attached hydrogens (tertiary/aromatic N) is 2. The second kappa shape index (κ2) is 4.68. The van der Waals surface area contributed by atoms with Crippen molar-refractivity contribution in [3.63, 3.8) is 0 Å². The van der Waals surface area contributed by atoms with Gasteiger partial charge in [0, 0.05) is 23.5 Å². The van der Waals surface area contributed by atoms with E-state index in [1.807, 2.05) is 35.9 Å². The van der Waals surface area contributed by atoms with Gasteiger partial charge >= 0.3 is 0 Å². The van der Waals surface area contributed by atoms with Gasteiger partial charge in [0.15, 0.2) is 0 Å². The number of hydrogen-bond donors (Lipinski definition) is 1. The zero-order valence-electron chi connectivity index (χ0n) is 9.15. The number of hydrogen-bond acceptors (Lipinski definition) is 2. The standard InChI is InChI=1S/C12H14ClN3/c1-9-4-5-15-16(9)8-11-3-2-10(7-14)6-12(11)13/h2-6H,7-8,14H2,1H3. The molecular formula is C12H14ClN3. The van der Waals surface area contributed by atoms with Crippen LogP contribution in [-0.2, 0) is 13.1 Å². The SMILES string of the molecule is Cc1ccnn1Cc1ccc(CN)cc1Cl. The van der Waals surface area contributed by atoms with Gasteiger partial charge in [0.1, 0.15) is 0 Å². The second-order valence-corrected chi connectivity index (χ2v) is 4.17. The molecule has 0 saturated heterocycles. The minimum Gasteiger partial charge on any atom is -0.326 e. The molecule has 0 aliphatic carbocycles. The normalized spacial score (nSPS) is 10.7. The lowest BCUT2D eigenvalue weighted by molar-refractivity contribution is 0.665. The number of rotatable bonds is 3. The van der Waals surface area contributed by atoms with Gasteiger partial charge in [-0.25, -0.2) is 0 Å². The lowest BCUT2D eigenvalue weighted by atomic mass is 10.1. The first kappa shape index (κ1) is 11.2. The van der Waals surface area contributed by atoms with Crippen LogP contribution in [-0.4, -0.2) is 9.78 Å². The Bertz CT molecular complexity index is 491. The highest BCUT2D eigenvalue weighted by Crippen LogP contribution is 2.19. The summed E-state index contributed by atoms with van der Waals surface area (Å²) in [5.41, 5.74) is 8.78. The molecule has 84 valence electrons. The molecule has 0 radical (unpaired) electrons. The highest BCUT2D eigenvalue weighted by molar-refractivity contribution is 6.31. The van der Waals surface area contributed by atoms with E-state index in [2.05, 4.69) is 5.10 Å². The van der Waals surface area contributed by atoms with E-state index in [0.29, 0.717) is 13.1 Å². The maximum absolute atomic E-state index is 6.18. The van der Waals surface area contributed by atoms with Crippen molar-refractivity contribution in [1.29, 1.82) is 0 Å². The topological polar surface area (TPSA) is 43.8 Å². The molecule has 16 heavy (non-hydrogen) atoms. The molecule has 2 rings (SSSR count). The zero-order chi connectivity index (χ0) is 11.5. The molecule has 2 aromatic rings. The minimum absolute atomic E-state index is 0.515. The summed E-state index contributed by atoms with van der Waals surface area (Å²) in [7, 11) is 0. The molecule has 4 heteroatoms. The molecular weight excluding hydrogens is 222 g/mol. The van der Waals surface area contributed by atoms with Crippen LogP contribution in [0.4, 0.5) is 0 Å². The first-order valence-electron chi connectivity index (χ1n) is 5.16. The third kappa shape index (κ3) is 2.26. The number of aromatic nitrogens is 2. The smallest absolute Gasteiger partial charge is 0.0676 e. The van der Waals surface area contributed by atoms with E-state index in [0.717, 1.165) is 21.8 Å². The highest BCUT2D eigenvalue weighted by Gasteiger charge is 2.04. The van der Waals surface area contributed by atoms with Crippen LogP contribution in [0.3, 0.4) is 0 Å². The monoisotopic (exact) mass is 235 g/mol. The Labute approximate surface area is 99.8 Å². The lowest BCUT2D eigenvalue weighted by Gasteiger charge is -2.08. The highest BCUT2D eigenvalue weighted by atomic mass is 35.5. The number of aryl methyl sites for hydroxylation is 1. The van der Waals surface area contributed by atoms with Crippen LogP contribution in [0.1, 0.15) is 16.8 Å². The summed E-state index contributed by atoms with van der Waals surface area (Å²) in [6, 6.07) is 7.89. The predicted molar refractivity (Wildman–Crippen MR) is 65.4 cm³/mol. The van der Waals surface area contributed by atoms with Crippen molar-refractivity contribution in [2.45, 2.75) is 20.0 Å². The van der Waals surface area contributed by atoms with E-state index < -0.39 is 0 Å². The fourth-order valence-electron chi connectivity index (χ4n) is 1.57. The van der Waals surface area contributed by atoms with Crippen LogP contribution in [0.15, 0.2) is 30.5 Å². The summed E-state index contributed by atoms with van der Waals surface area (Å²) in [6.07, 6.45) is 1.79. The van der Waals surface area contributed by atoms with Gasteiger partial charge in [-0.2, -0.15) is 5.10 Å². The molecule has 1 aromatic heterocycles. The maximum atomic E-state index is 6.18.